The molecule has 0 bridgehead atoms. The molecule has 0 spiro atoms. The number of hydrogen-bond acceptors (Lipinski definition) is 3. The lowest BCUT2D eigenvalue weighted by atomic mass is 10.1. The molecule has 0 saturated heterocycles. The average molecular weight is 235 g/mol. The van der Waals surface area contributed by atoms with Crippen molar-refractivity contribution in [2.45, 2.75) is 39.7 Å². The minimum absolute atomic E-state index is 0.0690. The van der Waals surface area contributed by atoms with E-state index < -0.39 is 0 Å². The molecule has 1 rings (SSSR count). The maximum absolute atomic E-state index is 12.1. The van der Waals surface area contributed by atoms with Gasteiger partial charge in [0.15, 0.2) is 5.82 Å². The summed E-state index contributed by atoms with van der Waals surface area (Å²) in [6.45, 7) is 8.70. The zero-order valence-corrected chi connectivity index (χ0v) is 11.0. The molecule has 0 atom stereocenters. The smallest absolute Gasteiger partial charge is 0.293 e. The number of rotatable bonds is 4. The third-order valence-corrected chi connectivity index (χ3v) is 2.40. The molecule has 4 nitrogen and oxygen atoms in total. The number of nitrogens with zero attached hydrogens (tertiary/aromatic N) is 2. The van der Waals surface area contributed by atoms with Crippen molar-refractivity contribution in [3.05, 3.63) is 34.9 Å². The monoisotopic (exact) mass is 235 g/mol. The molecule has 0 aliphatic rings. The summed E-state index contributed by atoms with van der Waals surface area (Å²) in [5.41, 5.74) is -0.291. The predicted molar refractivity (Wildman–Crippen MR) is 71.4 cm³/mol. The number of anilines is 1. The molecule has 0 aliphatic carbocycles. The van der Waals surface area contributed by atoms with Crippen LogP contribution in [0.5, 0.6) is 0 Å². The van der Waals surface area contributed by atoms with E-state index >= 15 is 0 Å². The van der Waals surface area contributed by atoms with Crippen LogP contribution in [0, 0.1) is 0 Å². The summed E-state index contributed by atoms with van der Waals surface area (Å²) in [5.74, 6) is 0.423. The molecule has 1 aromatic heterocycles. The van der Waals surface area contributed by atoms with E-state index in [0.717, 1.165) is 13.0 Å². The normalized spacial score (nSPS) is 12.0. The van der Waals surface area contributed by atoms with E-state index in [1.54, 1.807) is 17.0 Å². The van der Waals surface area contributed by atoms with E-state index in [2.05, 4.69) is 16.4 Å². The Morgan fingerprint density at radius 3 is 2.76 bits per heavy atom. The summed E-state index contributed by atoms with van der Waals surface area (Å²) < 4.78 is 1.69. The minimum Gasteiger partial charge on any atom is -0.365 e. The molecule has 0 radical (unpaired) electrons. The number of hydrogen-bond donors (Lipinski definition) is 1. The zero-order chi connectivity index (χ0) is 12.9. The van der Waals surface area contributed by atoms with E-state index in [1.807, 2.05) is 33.8 Å². The SMILES string of the molecule is C/C=C/CCNc1nccn(C(C)(C)C)c1=O. The molecule has 0 saturated carbocycles. The van der Waals surface area contributed by atoms with Crippen molar-refractivity contribution in [2.75, 3.05) is 11.9 Å². The highest BCUT2D eigenvalue weighted by atomic mass is 16.1. The summed E-state index contributed by atoms with van der Waals surface area (Å²) in [4.78, 5) is 16.2. The zero-order valence-electron chi connectivity index (χ0n) is 11.0. The van der Waals surface area contributed by atoms with Crippen molar-refractivity contribution in [1.82, 2.24) is 9.55 Å². The second-order valence-corrected chi connectivity index (χ2v) is 4.91. The van der Waals surface area contributed by atoms with E-state index in [1.165, 1.54) is 0 Å². The third kappa shape index (κ3) is 3.73. The highest BCUT2D eigenvalue weighted by molar-refractivity contribution is 5.31. The number of aromatic nitrogens is 2. The summed E-state index contributed by atoms with van der Waals surface area (Å²) >= 11 is 0. The van der Waals surface area contributed by atoms with Gasteiger partial charge in [0.1, 0.15) is 0 Å². The Labute approximate surface area is 102 Å². The van der Waals surface area contributed by atoms with E-state index in [4.69, 9.17) is 0 Å². The second kappa shape index (κ2) is 5.66. The molecular weight excluding hydrogens is 214 g/mol. The molecular formula is C13H21N3O. The van der Waals surface area contributed by atoms with Crippen LogP contribution in [0.4, 0.5) is 5.82 Å². The van der Waals surface area contributed by atoms with Crippen LogP contribution >= 0.6 is 0 Å². The standard InChI is InChI=1S/C13H21N3O/c1-5-6-7-8-14-11-12(17)16(10-9-15-11)13(2,3)4/h5-6,9-10H,7-8H2,1-4H3,(H,14,15)/b6-5+. The Balaban J connectivity index is 2.85. The first-order chi connectivity index (χ1) is 7.96. The van der Waals surface area contributed by atoms with Gasteiger partial charge in [-0.2, -0.15) is 0 Å². The van der Waals surface area contributed by atoms with Gasteiger partial charge in [0.05, 0.1) is 0 Å². The molecule has 0 aliphatic heterocycles. The highest BCUT2D eigenvalue weighted by Gasteiger charge is 2.16. The number of nitrogens with one attached hydrogen (secondary N) is 1. The molecule has 0 fully saturated rings. The van der Waals surface area contributed by atoms with E-state index in [9.17, 15) is 4.79 Å². The molecule has 1 heterocycles. The fourth-order valence-corrected chi connectivity index (χ4v) is 1.50. The van der Waals surface area contributed by atoms with Gasteiger partial charge in [-0.1, -0.05) is 12.2 Å². The van der Waals surface area contributed by atoms with Gasteiger partial charge in [0.25, 0.3) is 5.56 Å². The van der Waals surface area contributed by atoms with Gasteiger partial charge in [-0.05, 0) is 34.1 Å². The maximum Gasteiger partial charge on any atom is 0.293 e. The van der Waals surface area contributed by atoms with Crippen molar-refractivity contribution in [3.8, 4) is 0 Å². The topological polar surface area (TPSA) is 46.9 Å². The summed E-state index contributed by atoms with van der Waals surface area (Å²) in [7, 11) is 0. The lowest BCUT2D eigenvalue weighted by Gasteiger charge is -2.22. The molecule has 0 amide bonds. The third-order valence-electron chi connectivity index (χ3n) is 2.40. The predicted octanol–water partition coefficient (Wildman–Crippen LogP) is 2.38. The van der Waals surface area contributed by atoms with Crippen LogP contribution in [0.2, 0.25) is 0 Å². The first-order valence-electron chi connectivity index (χ1n) is 5.90. The first-order valence-corrected chi connectivity index (χ1v) is 5.90. The van der Waals surface area contributed by atoms with Crippen LogP contribution in [0.1, 0.15) is 34.1 Å². The van der Waals surface area contributed by atoms with Gasteiger partial charge in [-0.3, -0.25) is 4.79 Å². The van der Waals surface area contributed by atoms with Crippen molar-refractivity contribution in [1.29, 1.82) is 0 Å². The second-order valence-electron chi connectivity index (χ2n) is 4.91. The van der Waals surface area contributed by atoms with Crippen LogP contribution in [-0.2, 0) is 5.54 Å². The quantitative estimate of drug-likeness (QED) is 0.644. The summed E-state index contributed by atoms with van der Waals surface area (Å²) in [5, 5.41) is 3.06. The number of allylic oxidation sites excluding steroid dienone is 1. The van der Waals surface area contributed by atoms with Crippen LogP contribution in [-0.4, -0.2) is 16.1 Å². The maximum atomic E-state index is 12.1. The van der Waals surface area contributed by atoms with Crippen LogP contribution in [0.3, 0.4) is 0 Å². The van der Waals surface area contributed by atoms with Crippen LogP contribution in [0.15, 0.2) is 29.3 Å². The Morgan fingerprint density at radius 2 is 2.18 bits per heavy atom. The largest absolute Gasteiger partial charge is 0.365 e. The van der Waals surface area contributed by atoms with Crippen molar-refractivity contribution >= 4 is 5.82 Å². The summed E-state index contributed by atoms with van der Waals surface area (Å²) in [6.07, 6.45) is 8.32. The Hall–Kier alpha value is -1.58. The Morgan fingerprint density at radius 1 is 1.47 bits per heavy atom. The molecule has 0 unspecified atom stereocenters. The molecule has 17 heavy (non-hydrogen) atoms. The van der Waals surface area contributed by atoms with Crippen LogP contribution < -0.4 is 10.9 Å². The lowest BCUT2D eigenvalue weighted by Crippen LogP contribution is -2.35. The molecule has 0 aromatic carbocycles. The first kappa shape index (κ1) is 13.5. The van der Waals surface area contributed by atoms with Gasteiger partial charge < -0.3 is 9.88 Å². The fourth-order valence-electron chi connectivity index (χ4n) is 1.50. The summed E-state index contributed by atoms with van der Waals surface area (Å²) in [6, 6.07) is 0. The molecule has 94 valence electrons. The van der Waals surface area contributed by atoms with E-state index in [-0.39, 0.29) is 11.1 Å². The molecule has 1 N–H and O–H groups in total. The van der Waals surface area contributed by atoms with Gasteiger partial charge in [-0.25, -0.2) is 4.98 Å². The highest BCUT2D eigenvalue weighted by Crippen LogP contribution is 2.10. The minimum atomic E-state index is -0.222. The van der Waals surface area contributed by atoms with Gasteiger partial charge in [-0.15, -0.1) is 0 Å². The van der Waals surface area contributed by atoms with E-state index in [0.29, 0.717) is 5.82 Å². The molecule has 4 heteroatoms. The average Bonchev–Trinajstić information content (AvgIpc) is 2.25. The van der Waals surface area contributed by atoms with Crippen molar-refractivity contribution in [3.63, 3.8) is 0 Å². The van der Waals surface area contributed by atoms with Crippen molar-refractivity contribution < 1.29 is 0 Å². The van der Waals surface area contributed by atoms with Crippen LogP contribution in [0.25, 0.3) is 0 Å². The molecule has 1 aromatic rings. The van der Waals surface area contributed by atoms with Gasteiger partial charge in [0, 0.05) is 24.5 Å². The van der Waals surface area contributed by atoms with Gasteiger partial charge in [0.2, 0.25) is 0 Å². The Bertz CT molecular complexity index is 441. The Kier molecular flexibility index (Phi) is 4.49. The lowest BCUT2D eigenvalue weighted by molar-refractivity contribution is 0.383. The fraction of sp³-hybridized carbons (Fsp3) is 0.538. The van der Waals surface area contributed by atoms with Crippen molar-refractivity contribution in [2.24, 2.45) is 0 Å². The van der Waals surface area contributed by atoms with Gasteiger partial charge >= 0.3 is 0 Å².